The molecule has 7 nitrogen and oxygen atoms in total. The summed E-state index contributed by atoms with van der Waals surface area (Å²) in [7, 11) is -0.727. The highest BCUT2D eigenvalue weighted by Gasteiger charge is 2.17. The summed E-state index contributed by atoms with van der Waals surface area (Å²) in [5, 5.41) is 6.49. The van der Waals surface area contributed by atoms with Gasteiger partial charge in [0.05, 0.1) is 24.8 Å². The molecule has 0 saturated heterocycles. The molecule has 0 heterocycles. The van der Waals surface area contributed by atoms with Crippen LogP contribution in [-0.4, -0.2) is 34.3 Å². The average molecular weight is 424 g/mol. The monoisotopic (exact) mass is 423 g/mol. The number of unbranched alkanes of at least 4 members (excludes halogenated alkanes) is 1. The fourth-order valence-electron chi connectivity index (χ4n) is 2.37. The molecule has 2 aromatic carbocycles. The molecule has 2 aromatic rings. The van der Waals surface area contributed by atoms with Crippen molar-refractivity contribution in [3.05, 3.63) is 42.5 Å². The van der Waals surface area contributed by atoms with Gasteiger partial charge in [0, 0.05) is 12.2 Å². The first kappa shape index (κ1) is 21.8. The van der Waals surface area contributed by atoms with E-state index in [0.717, 1.165) is 19.4 Å². The van der Waals surface area contributed by atoms with Gasteiger partial charge in [-0.25, -0.2) is 8.42 Å². The lowest BCUT2D eigenvalue weighted by Crippen LogP contribution is -2.29. The number of anilines is 2. The molecule has 0 aliphatic rings. The minimum absolute atomic E-state index is 0.0861. The molecule has 0 radical (unpaired) electrons. The van der Waals surface area contributed by atoms with Crippen molar-refractivity contribution in [3.8, 4) is 11.5 Å². The molecule has 3 N–H and O–H groups in total. The van der Waals surface area contributed by atoms with Crippen LogP contribution in [0.4, 0.5) is 11.4 Å². The molecule has 0 saturated carbocycles. The lowest BCUT2D eigenvalue weighted by atomic mass is 10.3. The second-order valence-electron chi connectivity index (χ2n) is 5.93. The Bertz CT molecular complexity index is 900. The number of sulfonamides is 1. The Kier molecular flexibility index (Phi) is 7.89. The van der Waals surface area contributed by atoms with Crippen molar-refractivity contribution in [3.63, 3.8) is 0 Å². The van der Waals surface area contributed by atoms with Crippen LogP contribution in [0.5, 0.6) is 11.5 Å². The lowest BCUT2D eigenvalue weighted by Gasteiger charge is -2.15. The van der Waals surface area contributed by atoms with Gasteiger partial charge in [-0.2, -0.15) is 0 Å². The molecule has 9 heteroatoms. The highest BCUT2D eigenvalue weighted by molar-refractivity contribution is 7.92. The largest absolute Gasteiger partial charge is 0.497 e. The third-order valence-corrected chi connectivity index (χ3v) is 5.51. The molecule has 0 amide bonds. The maximum absolute atomic E-state index is 12.7. The van der Waals surface area contributed by atoms with Crippen molar-refractivity contribution in [2.75, 3.05) is 30.8 Å². The molecule has 152 valence electrons. The molecule has 28 heavy (non-hydrogen) atoms. The molecule has 0 unspecified atom stereocenters. The molecule has 0 aromatic heterocycles. The molecule has 0 aliphatic heterocycles. The van der Waals surface area contributed by atoms with Crippen LogP contribution in [0.15, 0.2) is 47.4 Å². The average Bonchev–Trinajstić information content (AvgIpc) is 2.68. The van der Waals surface area contributed by atoms with E-state index >= 15 is 0 Å². The predicted molar refractivity (Wildman–Crippen MR) is 116 cm³/mol. The molecule has 0 fully saturated rings. The van der Waals surface area contributed by atoms with E-state index in [4.69, 9.17) is 21.7 Å². The van der Waals surface area contributed by atoms with Gasteiger partial charge in [0.1, 0.15) is 11.5 Å². The molecule has 0 bridgehead atoms. The third kappa shape index (κ3) is 6.00. The number of thiocarbonyl (C=S) groups is 1. The van der Waals surface area contributed by atoms with Crippen LogP contribution in [0.1, 0.15) is 19.8 Å². The summed E-state index contributed by atoms with van der Waals surface area (Å²) in [6.07, 6.45) is 2.03. The Morgan fingerprint density at radius 3 is 2.39 bits per heavy atom. The van der Waals surface area contributed by atoms with Crippen LogP contribution in [0, 0.1) is 0 Å². The van der Waals surface area contributed by atoms with Crippen molar-refractivity contribution in [1.29, 1.82) is 0 Å². The first-order chi connectivity index (χ1) is 13.4. The summed E-state index contributed by atoms with van der Waals surface area (Å²) in [5.41, 5.74) is 0.900. The maximum atomic E-state index is 12.7. The lowest BCUT2D eigenvalue weighted by molar-refractivity contribution is 0.415. The zero-order valence-corrected chi connectivity index (χ0v) is 17.7. The summed E-state index contributed by atoms with van der Waals surface area (Å²) in [4.78, 5) is 0.0861. The van der Waals surface area contributed by atoms with Gasteiger partial charge in [0.25, 0.3) is 10.0 Å². The zero-order valence-electron chi connectivity index (χ0n) is 16.1. The second kappa shape index (κ2) is 10.1. The normalized spacial score (nSPS) is 10.8. The Balaban J connectivity index is 2.20. The third-order valence-electron chi connectivity index (χ3n) is 3.89. The number of nitrogens with one attached hydrogen (secondary N) is 3. The highest BCUT2D eigenvalue weighted by Crippen LogP contribution is 2.28. The summed E-state index contributed by atoms with van der Waals surface area (Å²) < 4.78 is 38.4. The summed E-state index contributed by atoms with van der Waals surface area (Å²) in [6.45, 7) is 2.83. The van der Waals surface area contributed by atoms with Gasteiger partial charge in [-0.1, -0.05) is 13.3 Å². The smallest absolute Gasteiger partial charge is 0.261 e. The van der Waals surface area contributed by atoms with Crippen LogP contribution in [0.3, 0.4) is 0 Å². The highest BCUT2D eigenvalue weighted by atomic mass is 32.2. The van der Waals surface area contributed by atoms with Gasteiger partial charge < -0.3 is 20.1 Å². The Hall–Kier alpha value is -2.52. The van der Waals surface area contributed by atoms with Crippen molar-refractivity contribution in [1.82, 2.24) is 5.32 Å². The number of hydrogen-bond acceptors (Lipinski definition) is 5. The summed E-state index contributed by atoms with van der Waals surface area (Å²) in [6, 6.07) is 11.2. The standard InChI is InChI=1S/C19H25N3O4S2/c1-4-5-12-20-19(27)21-17-13-16(10-11-18(17)26-3)28(23,24)22-14-6-8-15(25-2)9-7-14/h6-11,13,22H,4-5,12H2,1-3H3,(H2,20,21,27). The van der Waals surface area contributed by atoms with Crippen molar-refractivity contribution < 1.29 is 17.9 Å². The van der Waals surface area contributed by atoms with Gasteiger partial charge >= 0.3 is 0 Å². The molecule has 0 spiro atoms. The van der Waals surface area contributed by atoms with Gasteiger partial charge in [-0.15, -0.1) is 0 Å². The molecular formula is C19H25N3O4S2. The number of rotatable bonds is 9. The van der Waals surface area contributed by atoms with E-state index in [1.54, 1.807) is 37.4 Å². The number of benzene rings is 2. The Labute approximate surface area is 171 Å². The van der Waals surface area contributed by atoms with Gasteiger partial charge in [0.2, 0.25) is 0 Å². The van der Waals surface area contributed by atoms with E-state index in [2.05, 4.69) is 22.3 Å². The fourth-order valence-corrected chi connectivity index (χ4v) is 3.67. The maximum Gasteiger partial charge on any atom is 0.261 e. The second-order valence-corrected chi connectivity index (χ2v) is 8.02. The van der Waals surface area contributed by atoms with Crippen LogP contribution >= 0.6 is 12.2 Å². The van der Waals surface area contributed by atoms with Crippen LogP contribution in [0.2, 0.25) is 0 Å². The first-order valence-corrected chi connectivity index (χ1v) is 10.7. The van der Waals surface area contributed by atoms with Crippen LogP contribution in [-0.2, 0) is 10.0 Å². The quantitative estimate of drug-likeness (QED) is 0.419. The minimum atomic E-state index is -3.79. The van der Waals surface area contributed by atoms with E-state index in [0.29, 0.717) is 28.0 Å². The van der Waals surface area contributed by atoms with E-state index in [-0.39, 0.29) is 4.90 Å². The Morgan fingerprint density at radius 2 is 1.79 bits per heavy atom. The van der Waals surface area contributed by atoms with Crippen molar-refractivity contribution >= 4 is 38.7 Å². The Morgan fingerprint density at radius 1 is 1.07 bits per heavy atom. The SMILES string of the molecule is CCCCNC(=S)Nc1cc(S(=O)(=O)Nc2ccc(OC)cc2)ccc1OC. The zero-order chi connectivity index (χ0) is 20.6. The molecule has 0 aliphatic carbocycles. The number of hydrogen-bond donors (Lipinski definition) is 3. The molecule has 2 rings (SSSR count). The molecule has 0 atom stereocenters. The summed E-state index contributed by atoms with van der Waals surface area (Å²) >= 11 is 5.27. The van der Waals surface area contributed by atoms with Crippen molar-refractivity contribution in [2.45, 2.75) is 24.7 Å². The minimum Gasteiger partial charge on any atom is -0.497 e. The van der Waals surface area contributed by atoms with Gasteiger partial charge in [0.15, 0.2) is 5.11 Å². The predicted octanol–water partition coefficient (Wildman–Crippen LogP) is 3.59. The van der Waals surface area contributed by atoms with E-state index in [9.17, 15) is 8.42 Å². The van der Waals surface area contributed by atoms with E-state index < -0.39 is 10.0 Å². The topological polar surface area (TPSA) is 88.7 Å². The van der Waals surface area contributed by atoms with Crippen LogP contribution in [0.25, 0.3) is 0 Å². The number of ether oxygens (including phenoxy) is 2. The van der Waals surface area contributed by atoms with Crippen LogP contribution < -0.4 is 24.8 Å². The van der Waals surface area contributed by atoms with E-state index in [1.807, 2.05) is 0 Å². The molecular weight excluding hydrogens is 398 g/mol. The fraction of sp³-hybridized carbons (Fsp3) is 0.316. The first-order valence-electron chi connectivity index (χ1n) is 8.79. The van der Waals surface area contributed by atoms with Crippen molar-refractivity contribution in [2.24, 2.45) is 0 Å². The van der Waals surface area contributed by atoms with Gasteiger partial charge in [-0.05, 0) is 61.1 Å². The van der Waals surface area contributed by atoms with E-state index in [1.165, 1.54) is 19.2 Å². The van der Waals surface area contributed by atoms with Gasteiger partial charge in [-0.3, -0.25) is 4.72 Å². The number of methoxy groups -OCH3 is 2. The summed E-state index contributed by atoms with van der Waals surface area (Å²) in [5.74, 6) is 1.13.